The first-order valence-corrected chi connectivity index (χ1v) is 9.41. The number of nitrogens with zero attached hydrogens (tertiary/aromatic N) is 2. The van der Waals surface area contributed by atoms with Crippen molar-refractivity contribution >= 4 is 23.8 Å². The first kappa shape index (κ1) is 21.0. The van der Waals surface area contributed by atoms with Gasteiger partial charge in [0.05, 0.1) is 0 Å². The molecule has 0 unspecified atom stereocenters. The van der Waals surface area contributed by atoms with Crippen LogP contribution in [-0.2, 0) is 15.6 Å². The highest BCUT2D eigenvalue weighted by molar-refractivity contribution is 8.03. The molecular weight excluding hydrogens is 364 g/mol. The molecule has 0 aliphatic heterocycles. The zero-order valence-electron chi connectivity index (χ0n) is 16.7. The molecule has 0 saturated heterocycles. The Labute approximate surface area is 163 Å². The van der Waals surface area contributed by atoms with E-state index in [2.05, 4.69) is 10.2 Å². The normalized spacial score (nSPS) is 13.1. The topological polar surface area (TPSA) is 96.5 Å². The van der Waals surface area contributed by atoms with Crippen molar-refractivity contribution < 1.29 is 19.4 Å². The van der Waals surface area contributed by atoms with Gasteiger partial charge < -0.3 is 14.6 Å². The van der Waals surface area contributed by atoms with Gasteiger partial charge in [0.2, 0.25) is 5.89 Å². The van der Waals surface area contributed by atoms with Gasteiger partial charge in [-0.25, -0.2) is 4.79 Å². The molecule has 0 aliphatic rings. The number of carbonyl (C=O) groups is 1. The van der Waals surface area contributed by atoms with E-state index in [0.29, 0.717) is 11.5 Å². The number of benzene rings is 1. The van der Waals surface area contributed by atoms with E-state index in [1.165, 1.54) is 0 Å². The van der Waals surface area contributed by atoms with E-state index in [9.17, 15) is 15.0 Å². The summed E-state index contributed by atoms with van der Waals surface area (Å²) in [5.74, 6) is -0.459. The molecule has 7 heteroatoms. The van der Waals surface area contributed by atoms with Gasteiger partial charge in [0.15, 0.2) is 0 Å². The lowest BCUT2D eigenvalue weighted by Crippen LogP contribution is -2.17. The van der Waals surface area contributed by atoms with Gasteiger partial charge in [0.1, 0.15) is 10.7 Å². The molecule has 0 spiro atoms. The summed E-state index contributed by atoms with van der Waals surface area (Å²) < 4.78 is 5.27. The molecule has 0 amide bonds. The number of carboxylic acids is 1. The second kappa shape index (κ2) is 7.38. The van der Waals surface area contributed by atoms with Gasteiger partial charge in [0.25, 0.3) is 5.22 Å². The van der Waals surface area contributed by atoms with Crippen LogP contribution in [0, 0.1) is 6.92 Å². The van der Waals surface area contributed by atoms with Crippen LogP contribution >= 0.6 is 11.8 Å². The van der Waals surface area contributed by atoms with E-state index in [0.717, 1.165) is 22.9 Å². The number of thioether (sulfide) groups is 1. The van der Waals surface area contributed by atoms with Gasteiger partial charge in [-0.2, -0.15) is 0 Å². The van der Waals surface area contributed by atoms with Crippen LogP contribution < -0.4 is 0 Å². The highest BCUT2D eigenvalue weighted by Gasteiger charge is 2.26. The summed E-state index contributed by atoms with van der Waals surface area (Å²) in [5, 5.41) is 28.1. The molecule has 2 N–H and O–H groups in total. The second-order valence-corrected chi connectivity index (χ2v) is 9.46. The summed E-state index contributed by atoms with van der Waals surface area (Å²) in [5.41, 5.74) is 1.64. The van der Waals surface area contributed by atoms with Gasteiger partial charge >= 0.3 is 5.97 Å². The zero-order valence-corrected chi connectivity index (χ0v) is 17.6. The summed E-state index contributed by atoms with van der Waals surface area (Å²) in [6.45, 7) is 13.7. The Morgan fingerprint density at radius 2 is 1.59 bits per heavy atom. The van der Waals surface area contributed by atoms with Crippen molar-refractivity contribution in [3.8, 4) is 5.75 Å². The number of aliphatic carboxylic acids is 1. The molecule has 0 aliphatic carbocycles. The summed E-state index contributed by atoms with van der Waals surface area (Å²) in [6, 6.07) is 3.65. The van der Waals surface area contributed by atoms with E-state index in [-0.39, 0.29) is 26.7 Å². The van der Waals surface area contributed by atoms with Crippen LogP contribution in [0.4, 0.5) is 0 Å². The Kier molecular flexibility index (Phi) is 5.75. The Morgan fingerprint density at radius 1 is 1.07 bits per heavy atom. The molecule has 27 heavy (non-hydrogen) atoms. The standard InChI is InChI=1S/C20H26N2O4S/c1-11-21-22-18(26-11)27-15(17(24)25)10-12-8-13(19(2,3)4)16(23)14(9-12)20(5,6)7/h8-10,23H,1-7H3,(H,24,25)/b15-10-. The average molecular weight is 391 g/mol. The number of carboxylic acid groups (broad SMARTS) is 1. The number of aromatic nitrogens is 2. The number of hydrogen-bond donors (Lipinski definition) is 2. The third-order valence-corrected chi connectivity index (χ3v) is 4.81. The van der Waals surface area contributed by atoms with Crippen molar-refractivity contribution in [3.63, 3.8) is 0 Å². The maximum atomic E-state index is 11.7. The maximum Gasteiger partial charge on any atom is 0.342 e. The van der Waals surface area contributed by atoms with E-state index in [1.54, 1.807) is 13.0 Å². The Balaban J connectivity index is 2.60. The Bertz CT molecular complexity index is 851. The highest BCUT2D eigenvalue weighted by Crippen LogP contribution is 2.40. The zero-order chi connectivity index (χ0) is 20.6. The first-order valence-electron chi connectivity index (χ1n) is 8.60. The molecule has 2 rings (SSSR count). The van der Waals surface area contributed by atoms with Crippen molar-refractivity contribution in [1.29, 1.82) is 0 Å². The molecule has 0 fully saturated rings. The molecule has 1 aromatic heterocycles. The van der Waals surface area contributed by atoms with Crippen LogP contribution in [-0.4, -0.2) is 26.4 Å². The monoisotopic (exact) mass is 390 g/mol. The SMILES string of the molecule is Cc1nnc(S/C(=C\c2cc(C(C)(C)C)c(O)c(C(C)(C)C)c2)C(=O)O)o1. The van der Waals surface area contributed by atoms with Crippen molar-refractivity contribution in [2.24, 2.45) is 0 Å². The van der Waals surface area contributed by atoms with Crippen molar-refractivity contribution in [3.05, 3.63) is 39.6 Å². The molecule has 1 aromatic carbocycles. The van der Waals surface area contributed by atoms with Crippen molar-refractivity contribution in [1.82, 2.24) is 10.2 Å². The van der Waals surface area contributed by atoms with Gasteiger partial charge in [-0.1, -0.05) is 41.5 Å². The van der Waals surface area contributed by atoms with Gasteiger partial charge in [-0.05, 0) is 46.4 Å². The Morgan fingerprint density at radius 3 is 1.96 bits per heavy atom. The lowest BCUT2D eigenvalue weighted by Gasteiger charge is -2.28. The van der Waals surface area contributed by atoms with Gasteiger partial charge in [-0.3, -0.25) is 0 Å². The molecule has 1 heterocycles. The lowest BCUT2D eigenvalue weighted by molar-refractivity contribution is -0.131. The molecule has 0 radical (unpaired) electrons. The molecule has 0 saturated carbocycles. The van der Waals surface area contributed by atoms with E-state index < -0.39 is 5.97 Å². The predicted molar refractivity (Wildman–Crippen MR) is 106 cm³/mol. The van der Waals surface area contributed by atoms with Gasteiger partial charge in [-0.15, -0.1) is 10.2 Å². The Hall–Kier alpha value is -2.28. The van der Waals surface area contributed by atoms with E-state index in [1.807, 2.05) is 53.7 Å². The average Bonchev–Trinajstić information content (AvgIpc) is 2.90. The fraction of sp³-hybridized carbons (Fsp3) is 0.450. The summed E-state index contributed by atoms with van der Waals surface area (Å²) in [6.07, 6.45) is 1.57. The fourth-order valence-electron chi connectivity index (χ4n) is 2.58. The van der Waals surface area contributed by atoms with Crippen LogP contribution in [0.5, 0.6) is 5.75 Å². The molecule has 0 atom stereocenters. The number of phenolic OH excluding ortho intramolecular Hbond substituents is 1. The minimum Gasteiger partial charge on any atom is -0.507 e. The summed E-state index contributed by atoms with van der Waals surface area (Å²) >= 11 is 0.902. The number of hydrogen-bond acceptors (Lipinski definition) is 6. The van der Waals surface area contributed by atoms with E-state index >= 15 is 0 Å². The predicted octanol–water partition coefficient (Wildman–Crippen LogP) is 4.90. The van der Waals surface area contributed by atoms with Crippen LogP contribution in [0.2, 0.25) is 0 Å². The van der Waals surface area contributed by atoms with Crippen molar-refractivity contribution in [2.45, 2.75) is 64.5 Å². The van der Waals surface area contributed by atoms with Crippen molar-refractivity contribution in [2.75, 3.05) is 0 Å². The fourth-order valence-corrected chi connectivity index (χ4v) is 3.30. The second-order valence-electron chi connectivity index (χ2n) is 8.47. The number of phenols is 1. The number of rotatable bonds is 4. The quantitative estimate of drug-likeness (QED) is 0.566. The maximum absolute atomic E-state index is 11.7. The van der Waals surface area contributed by atoms with Crippen LogP contribution in [0.25, 0.3) is 6.08 Å². The van der Waals surface area contributed by atoms with Crippen LogP contribution in [0.15, 0.2) is 26.7 Å². The molecule has 0 bridgehead atoms. The summed E-state index contributed by atoms with van der Waals surface area (Å²) in [4.78, 5) is 11.8. The minimum atomic E-state index is -1.08. The number of aryl methyl sites for hydroxylation is 1. The van der Waals surface area contributed by atoms with E-state index in [4.69, 9.17) is 4.42 Å². The highest BCUT2D eigenvalue weighted by atomic mass is 32.2. The minimum absolute atomic E-state index is 0.0593. The largest absolute Gasteiger partial charge is 0.507 e. The number of aromatic hydroxyl groups is 1. The van der Waals surface area contributed by atoms with Crippen LogP contribution in [0.1, 0.15) is 64.1 Å². The molecular formula is C20H26N2O4S. The molecule has 2 aromatic rings. The summed E-state index contributed by atoms with van der Waals surface area (Å²) in [7, 11) is 0. The third kappa shape index (κ3) is 5.13. The lowest BCUT2D eigenvalue weighted by atomic mass is 9.78. The smallest absolute Gasteiger partial charge is 0.342 e. The molecule has 146 valence electrons. The molecule has 6 nitrogen and oxygen atoms in total. The van der Waals surface area contributed by atoms with Crippen LogP contribution in [0.3, 0.4) is 0 Å². The first-order chi connectivity index (χ1) is 12.3. The third-order valence-electron chi connectivity index (χ3n) is 3.96. The van der Waals surface area contributed by atoms with Gasteiger partial charge in [0, 0.05) is 18.1 Å².